The van der Waals surface area contributed by atoms with Crippen LogP contribution in [0.4, 0.5) is 0 Å². The fourth-order valence-corrected chi connectivity index (χ4v) is 2.84. The number of nitrogen functional groups attached to an aromatic ring is 1. The Morgan fingerprint density at radius 1 is 1.28 bits per heavy atom. The average Bonchev–Trinajstić information content (AvgIpc) is 2.34. The first-order valence-electron chi connectivity index (χ1n) is 4.87. The molecule has 2 heterocycles. The molecule has 2 aromatic rings. The molecular weight excluding hydrogens is 336 g/mol. The molecule has 4 nitrogen and oxygen atoms in total. The third-order valence-corrected chi connectivity index (χ3v) is 4.48. The number of amidine groups is 1. The number of aromatic nitrogens is 2. The second-order valence-electron chi connectivity index (χ2n) is 3.28. The highest BCUT2D eigenvalue weighted by atomic mass is 79.9. The second-order valence-corrected chi connectivity index (χ2v) is 5.49. The van der Waals surface area contributed by atoms with Crippen molar-refractivity contribution >= 4 is 45.1 Å². The first kappa shape index (κ1) is 13.3. The summed E-state index contributed by atoms with van der Waals surface area (Å²) in [5.74, 6) is -0.0793. The molecule has 7 heteroatoms. The first-order chi connectivity index (χ1) is 8.59. The smallest absolute Gasteiger partial charge is 0.124 e. The number of pyridine rings is 2. The van der Waals surface area contributed by atoms with E-state index in [2.05, 4.69) is 25.9 Å². The van der Waals surface area contributed by atoms with Gasteiger partial charge in [-0.05, 0) is 45.9 Å². The number of hydrogen-bond donors (Lipinski definition) is 2. The van der Waals surface area contributed by atoms with Gasteiger partial charge in [-0.25, -0.2) is 9.97 Å². The zero-order valence-corrected chi connectivity index (χ0v) is 12.2. The highest BCUT2D eigenvalue weighted by Gasteiger charge is 2.12. The predicted octanol–water partition coefficient (Wildman–Crippen LogP) is 3.33. The fraction of sp³-hybridized carbons (Fsp3) is 0. The quantitative estimate of drug-likeness (QED) is 0.662. The molecule has 0 saturated carbocycles. The van der Waals surface area contributed by atoms with E-state index in [-0.39, 0.29) is 5.84 Å². The van der Waals surface area contributed by atoms with Crippen molar-refractivity contribution in [3.05, 3.63) is 45.7 Å². The van der Waals surface area contributed by atoms with Gasteiger partial charge in [0.05, 0.1) is 9.50 Å². The summed E-state index contributed by atoms with van der Waals surface area (Å²) in [5, 5.41) is 9.12. The van der Waals surface area contributed by atoms with Crippen LogP contribution >= 0.6 is 39.3 Å². The van der Waals surface area contributed by atoms with Crippen molar-refractivity contribution in [2.45, 2.75) is 10.1 Å². The second kappa shape index (κ2) is 5.69. The maximum absolute atomic E-state index is 7.43. The lowest BCUT2D eigenvalue weighted by atomic mass is 10.2. The monoisotopic (exact) mass is 342 g/mol. The summed E-state index contributed by atoms with van der Waals surface area (Å²) in [5.41, 5.74) is 5.92. The average molecular weight is 344 g/mol. The lowest BCUT2D eigenvalue weighted by Gasteiger charge is -2.07. The summed E-state index contributed by atoms with van der Waals surface area (Å²) < 4.78 is 0.862. The topological polar surface area (TPSA) is 75.7 Å². The van der Waals surface area contributed by atoms with Crippen LogP contribution in [0.25, 0.3) is 0 Å². The number of nitrogens with one attached hydrogen (secondary N) is 1. The SMILES string of the molecule is N=C(N)c1ccnc(Sc2ncccc2Br)c1Cl. The van der Waals surface area contributed by atoms with Crippen LogP contribution in [0.2, 0.25) is 5.02 Å². The van der Waals surface area contributed by atoms with E-state index in [0.717, 1.165) is 9.50 Å². The summed E-state index contributed by atoms with van der Waals surface area (Å²) in [6, 6.07) is 5.33. The molecule has 92 valence electrons. The van der Waals surface area contributed by atoms with Gasteiger partial charge in [0.15, 0.2) is 0 Å². The zero-order chi connectivity index (χ0) is 13.1. The Kier molecular flexibility index (Phi) is 4.21. The third kappa shape index (κ3) is 2.82. The fourth-order valence-electron chi connectivity index (χ4n) is 1.24. The van der Waals surface area contributed by atoms with Crippen molar-refractivity contribution in [2.75, 3.05) is 0 Å². The molecule has 0 radical (unpaired) electrons. The van der Waals surface area contributed by atoms with Crippen LogP contribution in [0.1, 0.15) is 5.56 Å². The standard InChI is InChI=1S/C11H8BrClN4S/c12-7-2-1-4-16-10(7)18-11-8(13)6(9(14)15)3-5-17-11/h1-5H,(H3,14,15). The Morgan fingerprint density at radius 2 is 2.00 bits per heavy atom. The van der Waals surface area contributed by atoms with Gasteiger partial charge in [-0.3, -0.25) is 5.41 Å². The summed E-state index contributed by atoms with van der Waals surface area (Å²) >= 11 is 10.9. The van der Waals surface area contributed by atoms with E-state index in [0.29, 0.717) is 15.6 Å². The number of halogens is 2. The van der Waals surface area contributed by atoms with E-state index in [1.807, 2.05) is 12.1 Å². The number of nitrogens with zero attached hydrogens (tertiary/aromatic N) is 2. The Morgan fingerprint density at radius 3 is 2.67 bits per heavy atom. The molecule has 0 atom stereocenters. The molecule has 0 aromatic carbocycles. The molecule has 0 aliphatic rings. The maximum atomic E-state index is 7.43. The molecule has 0 saturated heterocycles. The van der Waals surface area contributed by atoms with E-state index in [4.69, 9.17) is 22.7 Å². The number of rotatable bonds is 3. The maximum Gasteiger partial charge on any atom is 0.124 e. The van der Waals surface area contributed by atoms with E-state index in [9.17, 15) is 0 Å². The molecule has 0 amide bonds. The van der Waals surface area contributed by atoms with Gasteiger partial charge < -0.3 is 5.73 Å². The number of nitrogens with two attached hydrogens (primary N) is 1. The van der Waals surface area contributed by atoms with Gasteiger partial charge in [0, 0.05) is 18.0 Å². The lowest BCUT2D eigenvalue weighted by Crippen LogP contribution is -2.12. The minimum atomic E-state index is -0.0793. The minimum Gasteiger partial charge on any atom is -0.384 e. The van der Waals surface area contributed by atoms with Crippen molar-refractivity contribution in [3.63, 3.8) is 0 Å². The molecule has 2 aromatic heterocycles. The Hall–Kier alpha value is -1.11. The molecule has 0 spiro atoms. The van der Waals surface area contributed by atoms with Crippen molar-refractivity contribution in [1.29, 1.82) is 5.41 Å². The highest BCUT2D eigenvalue weighted by Crippen LogP contribution is 2.35. The zero-order valence-electron chi connectivity index (χ0n) is 9.02. The molecule has 2 rings (SSSR count). The van der Waals surface area contributed by atoms with Crippen LogP contribution in [0.3, 0.4) is 0 Å². The Balaban J connectivity index is 2.39. The van der Waals surface area contributed by atoms with E-state index in [1.165, 1.54) is 11.8 Å². The Labute approximate surface area is 122 Å². The molecule has 0 fully saturated rings. The van der Waals surface area contributed by atoms with Crippen molar-refractivity contribution in [1.82, 2.24) is 9.97 Å². The minimum absolute atomic E-state index is 0.0793. The lowest BCUT2D eigenvalue weighted by molar-refractivity contribution is 1.08. The molecular formula is C11H8BrClN4S. The Bertz CT molecular complexity index is 605. The molecule has 0 aliphatic carbocycles. The predicted molar refractivity (Wildman–Crippen MR) is 76.3 cm³/mol. The van der Waals surface area contributed by atoms with Crippen LogP contribution < -0.4 is 5.73 Å². The summed E-state index contributed by atoms with van der Waals surface area (Å²) in [7, 11) is 0. The van der Waals surface area contributed by atoms with Gasteiger partial charge in [0.25, 0.3) is 0 Å². The van der Waals surface area contributed by atoms with Crippen LogP contribution in [-0.2, 0) is 0 Å². The van der Waals surface area contributed by atoms with Crippen LogP contribution in [-0.4, -0.2) is 15.8 Å². The summed E-state index contributed by atoms with van der Waals surface area (Å²) in [6.45, 7) is 0. The molecule has 0 aliphatic heterocycles. The highest BCUT2D eigenvalue weighted by molar-refractivity contribution is 9.10. The van der Waals surface area contributed by atoms with Gasteiger partial charge in [-0.15, -0.1) is 0 Å². The molecule has 0 unspecified atom stereocenters. The van der Waals surface area contributed by atoms with E-state index < -0.39 is 0 Å². The van der Waals surface area contributed by atoms with Crippen LogP contribution in [0, 0.1) is 5.41 Å². The summed E-state index contributed by atoms with van der Waals surface area (Å²) in [6.07, 6.45) is 3.26. The molecule has 18 heavy (non-hydrogen) atoms. The molecule has 3 N–H and O–H groups in total. The van der Waals surface area contributed by atoms with Gasteiger partial charge in [0.2, 0.25) is 0 Å². The molecule has 0 bridgehead atoms. The van der Waals surface area contributed by atoms with Gasteiger partial charge >= 0.3 is 0 Å². The van der Waals surface area contributed by atoms with E-state index >= 15 is 0 Å². The normalized spacial score (nSPS) is 10.3. The van der Waals surface area contributed by atoms with Gasteiger partial charge in [-0.2, -0.15) is 0 Å². The van der Waals surface area contributed by atoms with Crippen molar-refractivity contribution < 1.29 is 0 Å². The summed E-state index contributed by atoms with van der Waals surface area (Å²) in [4.78, 5) is 8.40. The van der Waals surface area contributed by atoms with Gasteiger partial charge in [0.1, 0.15) is 15.9 Å². The third-order valence-electron chi connectivity index (χ3n) is 2.07. The first-order valence-corrected chi connectivity index (χ1v) is 6.85. The van der Waals surface area contributed by atoms with Gasteiger partial charge in [-0.1, -0.05) is 11.6 Å². The van der Waals surface area contributed by atoms with E-state index in [1.54, 1.807) is 18.5 Å². The van der Waals surface area contributed by atoms with Crippen LogP contribution in [0.5, 0.6) is 0 Å². The van der Waals surface area contributed by atoms with Crippen LogP contribution in [0.15, 0.2) is 45.1 Å². The number of hydrogen-bond acceptors (Lipinski definition) is 4. The van der Waals surface area contributed by atoms with Crippen molar-refractivity contribution in [2.24, 2.45) is 5.73 Å². The van der Waals surface area contributed by atoms with Crippen molar-refractivity contribution in [3.8, 4) is 0 Å². The largest absolute Gasteiger partial charge is 0.384 e.